The zero-order chi connectivity index (χ0) is 22.7. The quantitative estimate of drug-likeness (QED) is 0.541. The minimum Gasteiger partial charge on any atom is -0.334 e. The summed E-state index contributed by atoms with van der Waals surface area (Å²) in [6.45, 7) is 3.55. The average molecular weight is 443 g/mol. The number of aromatic nitrogens is 2. The summed E-state index contributed by atoms with van der Waals surface area (Å²) in [5, 5.41) is 6.81. The van der Waals surface area contributed by atoms with Crippen molar-refractivity contribution in [1.82, 2.24) is 20.2 Å². The molecule has 33 heavy (non-hydrogen) atoms. The van der Waals surface area contributed by atoms with E-state index >= 15 is 0 Å². The highest BCUT2D eigenvalue weighted by molar-refractivity contribution is 6.02. The number of para-hydroxylation sites is 2. The van der Waals surface area contributed by atoms with Crippen LogP contribution in [0.5, 0.6) is 0 Å². The molecule has 2 saturated heterocycles. The molecular formula is C24H21N5O4. The van der Waals surface area contributed by atoms with Gasteiger partial charge >= 0.3 is 0 Å². The monoisotopic (exact) mass is 443 g/mol. The van der Waals surface area contributed by atoms with E-state index in [9.17, 15) is 14.4 Å². The molecule has 5 atom stereocenters. The number of fused-ring (bicyclic) bond motifs is 5. The Morgan fingerprint density at radius 1 is 1.09 bits per heavy atom. The fraction of sp³-hybridized carbons (Fsp3) is 0.333. The molecule has 2 amide bonds. The third kappa shape index (κ3) is 2.14. The van der Waals surface area contributed by atoms with Crippen molar-refractivity contribution < 1.29 is 14.3 Å². The van der Waals surface area contributed by atoms with Crippen molar-refractivity contribution in [3.05, 3.63) is 70.3 Å². The van der Waals surface area contributed by atoms with Crippen LogP contribution in [-0.2, 0) is 25.7 Å². The molecule has 5 aliphatic rings. The number of carbonyl (C=O) groups is 2. The molecule has 0 aliphatic carbocycles. The molecule has 166 valence electrons. The standard InChI is InChI=1S/C24H21N5O4/c1-12-19(31)28-16-10-6-4-8-14(16)24(22(28)25-12)11-17-18(30)27-23(2,33-24)21-26-15-9-5-3-7-13(15)20(32)29(17)21/h3-10,12,17,22,25H,11H2,1-2H3,(H,27,30)/t12-,17+,22+,23+,24-/m0/s1. The zero-order valence-electron chi connectivity index (χ0n) is 18.0. The molecule has 9 nitrogen and oxygen atoms in total. The zero-order valence-corrected chi connectivity index (χ0v) is 18.0. The molecule has 6 heterocycles. The van der Waals surface area contributed by atoms with Crippen LogP contribution in [0.25, 0.3) is 10.9 Å². The summed E-state index contributed by atoms with van der Waals surface area (Å²) >= 11 is 0. The minimum absolute atomic E-state index is 0.0486. The van der Waals surface area contributed by atoms with Crippen LogP contribution in [0, 0.1) is 0 Å². The van der Waals surface area contributed by atoms with Crippen molar-refractivity contribution in [2.45, 2.75) is 49.8 Å². The molecule has 1 spiro atoms. The predicted molar refractivity (Wildman–Crippen MR) is 118 cm³/mol. The minimum atomic E-state index is -1.37. The Kier molecular flexibility index (Phi) is 3.37. The number of ether oxygens (including phenoxy) is 1. The van der Waals surface area contributed by atoms with E-state index in [4.69, 9.17) is 9.72 Å². The molecular weight excluding hydrogens is 422 g/mol. The number of nitrogens with one attached hydrogen (secondary N) is 2. The van der Waals surface area contributed by atoms with Crippen molar-refractivity contribution in [2.24, 2.45) is 0 Å². The SMILES string of the molecule is C[C@@H]1N[C@@H]2N(C1=O)c1ccccc1[C@@]21C[C@@H]2C(=O)N[C@](C)(O1)c1nc3ccccc3c(=O)n12. The smallest absolute Gasteiger partial charge is 0.262 e. The van der Waals surface area contributed by atoms with Gasteiger partial charge in [-0.1, -0.05) is 30.3 Å². The van der Waals surface area contributed by atoms with Gasteiger partial charge in [-0.2, -0.15) is 0 Å². The van der Waals surface area contributed by atoms with Gasteiger partial charge in [0, 0.05) is 12.0 Å². The van der Waals surface area contributed by atoms with E-state index in [0.29, 0.717) is 16.7 Å². The largest absolute Gasteiger partial charge is 0.334 e. The van der Waals surface area contributed by atoms with Crippen LogP contribution in [0.4, 0.5) is 5.69 Å². The number of benzene rings is 2. The van der Waals surface area contributed by atoms with Gasteiger partial charge in [-0.25, -0.2) is 4.98 Å². The molecule has 2 bridgehead atoms. The maximum atomic E-state index is 13.6. The highest BCUT2D eigenvalue weighted by atomic mass is 16.5. The number of anilines is 1. The molecule has 3 aromatic rings. The average Bonchev–Trinajstić information content (AvgIpc) is 3.13. The second kappa shape index (κ2) is 5.86. The summed E-state index contributed by atoms with van der Waals surface area (Å²) in [4.78, 5) is 46.5. The molecule has 2 N–H and O–H groups in total. The summed E-state index contributed by atoms with van der Waals surface area (Å²) in [5.74, 6) is 0.0165. The highest BCUT2D eigenvalue weighted by Crippen LogP contribution is 2.56. The Morgan fingerprint density at radius 2 is 1.85 bits per heavy atom. The van der Waals surface area contributed by atoms with Gasteiger partial charge in [0.25, 0.3) is 5.56 Å². The number of carbonyl (C=O) groups excluding carboxylic acids is 2. The van der Waals surface area contributed by atoms with Crippen molar-refractivity contribution in [3.63, 3.8) is 0 Å². The summed E-state index contributed by atoms with van der Waals surface area (Å²) in [6, 6.07) is 13.5. The molecule has 0 radical (unpaired) electrons. The van der Waals surface area contributed by atoms with Gasteiger partial charge in [0.05, 0.1) is 22.6 Å². The van der Waals surface area contributed by atoms with Crippen molar-refractivity contribution in [1.29, 1.82) is 0 Å². The van der Waals surface area contributed by atoms with E-state index in [1.54, 1.807) is 30.0 Å². The Bertz CT molecular complexity index is 1470. The molecule has 9 heteroatoms. The first-order chi connectivity index (χ1) is 15.8. The Morgan fingerprint density at radius 3 is 2.70 bits per heavy atom. The second-order valence-corrected chi connectivity index (χ2v) is 9.38. The van der Waals surface area contributed by atoms with Crippen LogP contribution in [-0.4, -0.2) is 33.6 Å². The lowest BCUT2D eigenvalue weighted by Gasteiger charge is -2.40. The molecule has 1 aromatic heterocycles. The van der Waals surface area contributed by atoms with Gasteiger partial charge in [0.1, 0.15) is 17.8 Å². The molecule has 2 aromatic carbocycles. The van der Waals surface area contributed by atoms with E-state index < -0.39 is 29.6 Å². The van der Waals surface area contributed by atoms with Crippen LogP contribution in [0.3, 0.4) is 0 Å². The second-order valence-electron chi connectivity index (χ2n) is 9.38. The van der Waals surface area contributed by atoms with E-state index in [0.717, 1.165) is 11.3 Å². The first-order valence-corrected chi connectivity index (χ1v) is 11.1. The summed E-state index contributed by atoms with van der Waals surface area (Å²) < 4.78 is 8.35. The summed E-state index contributed by atoms with van der Waals surface area (Å²) in [7, 11) is 0. The topological polar surface area (TPSA) is 106 Å². The summed E-state index contributed by atoms with van der Waals surface area (Å²) in [5.41, 5.74) is -0.563. The molecule has 5 aliphatic heterocycles. The number of hydrogen-bond donors (Lipinski definition) is 2. The van der Waals surface area contributed by atoms with Crippen LogP contribution >= 0.6 is 0 Å². The lowest BCUT2D eigenvalue weighted by Crippen LogP contribution is -2.57. The van der Waals surface area contributed by atoms with Gasteiger partial charge in [-0.05, 0) is 32.0 Å². The Hall–Kier alpha value is -3.56. The van der Waals surface area contributed by atoms with Gasteiger partial charge < -0.3 is 10.1 Å². The molecule has 0 unspecified atom stereocenters. The Balaban J connectivity index is 1.52. The highest BCUT2D eigenvalue weighted by Gasteiger charge is 2.65. The molecule has 8 rings (SSSR count). The van der Waals surface area contributed by atoms with Gasteiger partial charge in [-0.3, -0.25) is 29.2 Å². The van der Waals surface area contributed by atoms with Crippen LogP contribution < -0.4 is 21.1 Å². The summed E-state index contributed by atoms with van der Waals surface area (Å²) in [6.07, 6.45) is -0.321. The van der Waals surface area contributed by atoms with Crippen molar-refractivity contribution in [2.75, 3.05) is 4.90 Å². The maximum Gasteiger partial charge on any atom is 0.262 e. The Labute approximate surface area is 188 Å². The lowest BCUT2D eigenvalue weighted by atomic mass is 9.86. The number of amides is 2. The number of hydrogen-bond acceptors (Lipinski definition) is 6. The third-order valence-corrected chi connectivity index (χ3v) is 7.43. The van der Waals surface area contributed by atoms with Gasteiger partial charge in [0.2, 0.25) is 11.8 Å². The van der Waals surface area contributed by atoms with E-state index in [2.05, 4.69) is 10.6 Å². The third-order valence-electron chi connectivity index (χ3n) is 7.43. The maximum absolute atomic E-state index is 13.6. The molecule has 0 saturated carbocycles. The van der Waals surface area contributed by atoms with E-state index in [1.807, 2.05) is 37.3 Å². The lowest BCUT2D eigenvalue weighted by molar-refractivity contribution is -0.180. The molecule has 2 fully saturated rings. The van der Waals surface area contributed by atoms with Crippen molar-refractivity contribution >= 4 is 28.4 Å². The first kappa shape index (κ1) is 19.0. The fourth-order valence-corrected chi connectivity index (χ4v) is 6.05. The number of nitrogens with zero attached hydrogens (tertiary/aromatic N) is 3. The van der Waals surface area contributed by atoms with Crippen molar-refractivity contribution in [3.8, 4) is 0 Å². The normalized spacial score (nSPS) is 33.8. The fourth-order valence-electron chi connectivity index (χ4n) is 6.05. The number of rotatable bonds is 0. The predicted octanol–water partition coefficient (Wildman–Crippen LogP) is 1.22. The van der Waals surface area contributed by atoms with Crippen LogP contribution in [0.15, 0.2) is 53.3 Å². The van der Waals surface area contributed by atoms with Gasteiger partial charge in [-0.15, -0.1) is 0 Å². The van der Waals surface area contributed by atoms with Gasteiger partial charge in [0.15, 0.2) is 11.5 Å². The van der Waals surface area contributed by atoms with E-state index in [1.165, 1.54) is 4.57 Å². The van der Waals surface area contributed by atoms with Crippen LogP contribution in [0.1, 0.15) is 37.7 Å². The first-order valence-electron chi connectivity index (χ1n) is 11.1. The van der Waals surface area contributed by atoms with E-state index in [-0.39, 0.29) is 23.8 Å². The van der Waals surface area contributed by atoms with Crippen LogP contribution in [0.2, 0.25) is 0 Å².